The van der Waals surface area contributed by atoms with Gasteiger partial charge in [-0.2, -0.15) is 0 Å². The molecule has 0 radical (unpaired) electrons. The van der Waals surface area contributed by atoms with Crippen LogP contribution in [0.2, 0.25) is 5.02 Å². The molecule has 1 atom stereocenters. The summed E-state index contributed by atoms with van der Waals surface area (Å²) in [6.45, 7) is 6.82. The van der Waals surface area contributed by atoms with Crippen molar-refractivity contribution in [1.82, 2.24) is 4.90 Å². The van der Waals surface area contributed by atoms with Gasteiger partial charge in [0.25, 0.3) is 0 Å². The molecule has 1 unspecified atom stereocenters. The summed E-state index contributed by atoms with van der Waals surface area (Å²) in [4.78, 5) is 2.19. The van der Waals surface area contributed by atoms with Crippen molar-refractivity contribution in [1.29, 1.82) is 0 Å². The van der Waals surface area contributed by atoms with E-state index in [0.717, 1.165) is 22.7 Å². The molecule has 1 aromatic rings. The Labute approximate surface area is 108 Å². The summed E-state index contributed by atoms with van der Waals surface area (Å²) in [5.74, 6) is 0.500. The van der Waals surface area contributed by atoms with Gasteiger partial charge >= 0.3 is 0 Å². The first kappa shape index (κ1) is 13.6. The van der Waals surface area contributed by atoms with Crippen molar-refractivity contribution in [3.05, 3.63) is 47.0 Å². The lowest BCUT2D eigenvalue weighted by atomic mass is 10.1. The summed E-state index contributed by atoms with van der Waals surface area (Å²) in [6, 6.07) is 8.16. The minimum atomic E-state index is 0.258. The molecular weight excluding hydrogens is 241 g/mol. The van der Waals surface area contributed by atoms with Gasteiger partial charge in [0.1, 0.15) is 0 Å². The molecule has 88 valence electrons. The first-order valence-corrected chi connectivity index (χ1v) is 6.14. The van der Waals surface area contributed by atoms with Crippen LogP contribution in [0.1, 0.15) is 18.5 Å². The highest BCUT2D eigenvalue weighted by atomic mass is 35.5. The highest BCUT2D eigenvalue weighted by Gasteiger charge is 2.14. The fraction of sp³-hybridized carbons (Fsp3) is 0.385. The first-order chi connectivity index (χ1) is 7.56. The molecule has 0 N–H and O–H groups in total. The van der Waals surface area contributed by atoms with Gasteiger partial charge in [0.05, 0.1) is 0 Å². The summed E-state index contributed by atoms with van der Waals surface area (Å²) >= 11 is 11.9. The number of likely N-dealkylation sites (N-methyl/N-ethyl adjacent to an activating group) is 1. The second kappa shape index (κ2) is 6.29. The number of halogens is 2. The van der Waals surface area contributed by atoms with Crippen molar-refractivity contribution in [2.45, 2.75) is 13.0 Å². The van der Waals surface area contributed by atoms with Crippen molar-refractivity contribution in [2.75, 3.05) is 19.5 Å². The largest absolute Gasteiger partial charge is 0.296 e. The fourth-order valence-electron chi connectivity index (χ4n) is 1.58. The normalized spacial score (nSPS) is 12.8. The van der Waals surface area contributed by atoms with Gasteiger partial charge in [-0.25, -0.2) is 0 Å². The number of alkyl halides is 1. The van der Waals surface area contributed by atoms with Gasteiger partial charge < -0.3 is 0 Å². The van der Waals surface area contributed by atoms with E-state index in [-0.39, 0.29) is 6.04 Å². The highest BCUT2D eigenvalue weighted by Crippen LogP contribution is 2.26. The van der Waals surface area contributed by atoms with Crippen LogP contribution in [-0.2, 0) is 0 Å². The average molecular weight is 258 g/mol. The second-order valence-electron chi connectivity index (χ2n) is 4.00. The molecule has 0 aliphatic heterocycles. The third-order valence-electron chi connectivity index (χ3n) is 2.68. The second-order valence-corrected chi connectivity index (χ2v) is 4.67. The van der Waals surface area contributed by atoms with Gasteiger partial charge in [-0.15, -0.1) is 11.6 Å². The summed E-state index contributed by atoms with van der Waals surface area (Å²) < 4.78 is 0. The number of hydrogen-bond acceptors (Lipinski definition) is 1. The smallest absolute Gasteiger partial charge is 0.0453 e. The van der Waals surface area contributed by atoms with Crippen LogP contribution in [0.15, 0.2) is 36.4 Å². The topological polar surface area (TPSA) is 3.24 Å². The van der Waals surface area contributed by atoms with Crippen LogP contribution in [0.5, 0.6) is 0 Å². The van der Waals surface area contributed by atoms with Crippen LogP contribution in [-0.4, -0.2) is 24.4 Å². The van der Waals surface area contributed by atoms with Crippen molar-refractivity contribution >= 4 is 23.2 Å². The lowest BCUT2D eigenvalue weighted by Gasteiger charge is -2.26. The Morgan fingerprint density at radius 2 is 2.06 bits per heavy atom. The van der Waals surface area contributed by atoms with E-state index in [2.05, 4.69) is 18.4 Å². The Morgan fingerprint density at radius 1 is 1.44 bits per heavy atom. The molecule has 0 fully saturated rings. The molecule has 0 aliphatic carbocycles. The van der Waals surface area contributed by atoms with Gasteiger partial charge in [0.15, 0.2) is 0 Å². The maximum Gasteiger partial charge on any atom is 0.0453 e. The monoisotopic (exact) mass is 257 g/mol. The van der Waals surface area contributed by atoms with Crippen LogP contribution < -0.4 is 0 Å². The van der Waals surface area contributed by atoms with E-state index in [1.165, 1.54) is 0 Å². The fourth-order valence-corrected chi connectivity index (χ4v) is 1.96. The third kappa shape index (κ3) is 3.51. The highest BCUT2D eigenvalue weighted by molar-refractivity contribution is 6.31. The first-order valence-electron chi connectivity index (χ1n) is 5.23. The van der Waals surface area contributed by atoms with Crippen LogP contribution >= 0.6 is 23.2 Å². The Kier molecular flexibility index (Phi) is 5.33. The maximum atomic E-state index is 6.16. The Morgan fingerprint density at radius 3 is 2.62 bits per heavy atom. The van der Waals surface area contributed by atoms with E-state index in [4.69, 9.17) is 23.2 Å². The Balaban J connectivity index is 2.74. The molecule has 0 saturated heterocycles. The van der Waals surface area contributed by atoms with Gasteiger partial charge in [-0.1, -0.05) is 36.4 Å². The summed E-state index contributed by atoms with van der Waals surface area (Å²) in [5.41, 5.74) is 2.15. The Bertz CT molecular complexity index is 363. The van der Waals surface area contributed by atoms with Gasteiger partial charge in [-0.05, 0) is 31.2 Å². The predicted octanol–water partition coefficient (Wildman–Crippen LogP) is 4.13. The molecule has 3 heteroatoms. The van der Waals surface area contributed by atoms with Crippen molar-refractivity contribution in [2.24, 2.45) is 0 Å². The molecule has 0 heterocycles. The Hall–Kier alpha value is -0.500. The quantitative estimate of drug-likeness (QED) is 0.567. The zero-order valence-corrected chi connectivity index (χ0v) is 11.2. The standard InChI is InChI=1S/C13H17Cl2N/c1-10(8-14)9-16(3)11(2)12-6-4-5-7-13(12)15/h4-7,11H,1,8-9H2,2-3H3. The molecule has 0 amide bonds. The molecule has 0 spiro atoms. The molecular formula is C13H17Cl2N. The lowest BCUT2D eigenvalue weighted by Crippen LogP contribution is -2.25. The summed E-state index contributed by atoms with van der Waals surface area (Å²) in [5, 5.41) is 0.804. The lowest BCUT2D eigenvalue weighted by molar-refractivity contribution is 0.284. The van der Waals surface area contributed by atoms with Gasteiger partial charge in [0, 0.05) is 23.5 Å². The summed E-state index contributed by atoms with van der Waals surface area (Å²) in [7, 11) is 2.05. The van der Waals surface area contributed by atoms with Crippen molar-refractivity contribution < 1.29 is 0 Å². The van der Waals surface area contributed by atoms with Crippen LogP contribution in [0.3, 0.4) is 0 Å². The minimum Gasteiger partial charge on any atom is -0.296 e. The van der Waals surface area contributed by atoms with Crippen molar-refractivity contribution in [3.63, 3.8) is 0 Å². The predicted molar refractivity (Wildman–Crippen MR) is 72.4 cm³/mol. The zero-order valence-electron chi connectivity index (χ0n) is 9.71. The number of hydrogen-bond donors (Lipinski definition) is 0. The number of nitrogens with zero attached hydrogens (tertiary/aromatic N) is 1. The number of benzene rings is 1. The van der Waals surface area contributed by atoms with E-state index in [1.54, 1.807) is 0 Å². The average Bonchev–Trinajstić information content (AvgIpc) is 2.28. The summed E-state index contributed by atoms with van der Waals surface area (Å²) in [6.07, 6.45) is 0. The molecule has 1 rings (SSSR count). The van der Waals surface area contributed by atoms with E-state index < -0.39 is 0 Å². The van der Waals surface area contributed by atoms with Crippen molar-refractivity contribution in [3.8, 4) is 0 Å². The molecule has 16 heavy (non-hydrogen) atoms. The molecule has 0 aromatic heterocycles. The SMILES string of the molecule is C=C(CCl)CN(C)C(C)c1ccccc1Cl. The van der Waals surface area contributed by atoms with Gasteiger partial charge in [-0.3, -0.25) is 4.90 Å². The number of rotatable bonds is 5. The van der Waals surface area contributed by atoms with Crippen LogP contribution in [0, 0.1) is 0 Å². The molecule has 1 nitrogen and oxygen atoms in total. The minimum absolute atomic E-state index is 0.258. The molecule has 0 aliphatic rings. The maximum absolute atomic E-state index is 6.16. The van der Waals surface area contributed by atoms with E-state index in [1.807, 2.05) is 31.3 Å². The van der Waals surface area contributed by atoms with E-state index in [0.29, 0.717) is 5.88 Å². The molecule has 0 saturated carbocycles. The third-order valence-corrected chi connectivity index (χ3v) is 3.40. The van der Waals surface area contributed by atoms with Crippen LogP contribution in [0.25, 0.3) is 0 Å². The molecule has 0 bridgehead atoms. The van der Waals surface area contributed by atoms with Gasteiger partial charge in [0.2, 0.25) is 0 Å². The van der Waals surface area contributed by atoms with E-state index >= 15 is 0 Å². The van der Waals surface area contributed by atoms with Crippen LogP contribution in [0.4, 0.5) is 0 Å². The zero-order chi connectivity index (χ0) is 12.1. The molecule has 1 aromatic carbocycles. The van der Waals surface area contributed by atoms with E-state index in [9.17, 15) is 0 Å².